The Morgan fingerprint density at radius 2 is 1.38 bits per heavy atom. The molecule has 0 bridgehead atoms. The quantitative estimate of drug-likeness (QED) is 0.624. The van der Waals surface area contributed by atoms with Crippen LogP contribution in [0, 0.1) is 0 Å². The fourth-order valence-corrected chi connectivity index (χ4v) is 0.791. The molecular weight excluding hydrogens is 198 g/mol. The Labute approximate surface area is 71.9 Å². The summed E-state index contributed by atoms with van der Waals surface area (Å²) >= 11 is 0. The monoisotopic (exact) mass is 208 g/mol. The van der Waals surface area contributed by atoms with Crippen molar-refractivity contribution < 1.29 is 26.3 Å². The number of hydrogen-bond donors (Lipinski definition) is 0. The maximum Gasteiger partial charge on any atom is 0.428 e. The normalized spacial score (nSPS) is 22.2. The highest BCUT2D eigenvalue weighted by atomic mass is 19.4. The highest BCUT2D eigenvalue weighted by Crippen LogP contribution is 2.45. The minimum Gasteiger partial charge on any atom is -0.247 e. The molecule has 80 valence electrons. The van der Waals surface area contributed by atoms with Crippen molar-refractivity contribution in [2.75, 3.05) is 6.67 Å². The van der Waals surface area contributed by atoms with E-state index in [1.165, 1.54) is 0 Å². The summed E-state index contributed by atoms with van der Waals surface area (Å²) in [7, 11) is 0. The van der Waals surface area contributed by atoms with Gasteiger partial charge in [-0.2, -0.15) is 13.2 Å². The first-order valence-corrected chi connectivity index (χ1v) is 3.63. The number of halogens is 6. The van der Waals surface area contributed by atoms with E-state index in [2.05, 4.69) is 0 Å². The Kier molecular flexibility index (Phi) is 3.27. The van der Waals surface area contributed by atoms with Gasteiger partial charge in [-0.05, 0) is 13.3 Å². The second-order valence-corrected chi connectivity index (χ2v) is 2.98. The van der Waals surface area contributed by atoms with E-state index in [0.717, 1.165) is 6.92 Å². The Balaban J connectivity index is 5.06. The molecule has 6 heteroatoms. The summed E-state index contributed by atoms with van der Waals surface area (Å²) in [6.45, 7) is -0.979. The van der Waals surface area contributed by atoms with Crippen LogP contribution >= 0.6 is 0 Å². The molecule has 0 aliphatic carbocycles. The zero-order chi connectivity index (χ0) is 10.9. The van der Waals surface area contributed by atoms with Crippen molar-refractivity contribution in [2.45, 2.75) is 37.8 Å². The highest BCUT2D eigenvalue weighted by molar-refractivity contribution is 5.02. The van der Waals surface area contributed by atoms with E-state index in [9.17, 15) is 26.3 Å². The molecule has 0 saturated heterocycles. The van der Waals surface area contributed by atoms with E-state index in [4.69, 9.17) is 0 Å². The van der Waals surface area contributed by atoms with Crippen molar-refractivity contribution in [1.29, 1.82) is 0 Å². The van der Waals surface area contributed by atoms with E-state index in [0.29, 0.717) is 6.92 Å². The lowest BCUT2D eigenvalue weighted by Crippen LogP contribution is -2.57. The molecule has 0 radical (unpaired) electrons. The molecule has 0 rings (SSSR count). The summed E-state index contributed by atoms with van der Waals surface area (Å²) in [6, 6.07) is 0. The molecule has 0 N–H and O–H groups in total. The summed E-state index contributed by atoms with van der Waals surface area (Å²) in [5.74, 6) is 0. The first-order chi connectivity index (χ1) is 5.62. The SMILES string of the molecule is CCC(C)(F)[C@@](F)(CF)C(F)(F)F. The molecule has 0 heterocycles. The molecule has 0 spiro atoms. The van der Waals surface area contributed by atoms with Crippen LogP contribution in [0.3, 0.4) is 0 Å². The third-order valence-electron chi connectivity index (χ3n) is 2.12. The molecule has 0 amide bonds. The molecule has 0 aromatic carbocycles. The Bertz CT molecular complexity index is 172. The fourth-order valence-electron chi connectivity index (χ4n) is 0.791. The Morgan fingerprint density at radius 3 is 1.46 bits per heavy atom. The molecule has 0 aliphatic heterocycles. The number of alkyl halides is 6. The summed E-state index contributed by atoms with van der Waals surface area (Å²) < 4.78 is 73.6. The Hall–Kier alpha value is -0.420. The van der Waals surface area contributed by atoms with Crippen molar-refractivity contribution in [3.05, 3.63) is 0 Å². The second-order valence-electron chi connectivity index (χ2n) is 2.98. The maximum atomic E-state index is 13.0. The average Bonchev–Trinajstić information content (AvgIpc) is 2.00. The average molecular weight is 208 g/mol. The molecule has 2 atom stereocenters. The van der Waals surface area contributed by atoms with Gasteiger partial charge in [0, 0.05) is 0 Å². The lowest BCUT2D eigenvalue weighted by atomic mass is 9.86. The van der Waals surface area contributed by atoms with Crippen molar-refractivity contribution in [3.8, 4) is 0 Å². The van der Waals surface area contributed by atoms with Gasteiger partial charge >= 0.3 is 6.18 Å². The van der Waals surface area contributed by atoms with Crippen LogP contribution in [0.15, 0.2) is 0 Å². The van der Waals surface area contributed by atoms with Crippen LogP contribution in [0.1, 0.15) is 20.3 Å². The lowest BCUT2D eigenvalue weighted by molar-refractivity contribution is -0.275. The minimum atomic E-state index is -5.53. The van der Waals surface area contributed by atoms with Crippen molar-refractivity contribution >= 4 is 0 Å². The smallest absolute Gasteiger partial charge is 0.247 e. The van der Waals surface area contributed by atoms with Gasteiger partial charge in [-0.15, -0.1) is 0 Å². The van der Waals surface area contributed by atoms with E-state index >= 15 is 0 Å². The van der Waals surface area contributed by atoms with E-state index < -0.39 is 30.6 Å². The van der Waals surface area contributed by atoms with Crippen LogP contribution < -0.4 is 0 Å². The first-order valence-electron chi connectivity index (χ1n) is 3.63. The van der Waals surface area contributed by atoms with Gasteiger partial charge in [-0.3, -0.25) is 0 Å². The van der Waals surface area contributed by atoms with Crippen LogP contribution in [0.4, 0.5) is 26.3 Å². The largest absolute Gasteiger partial charge is 0.428 e. The molecule has 1 unspecified atom stereocenters. The molecule has 0 aliphatic rings. The minimum absolute atomic E-state index is 0.403. The van der Waals surface area contributed by atoms with Gasteiger partial charge < -0.3 is 0 Å². The van der Waals surface area contributed by atoms with Crippen LogP contribution in [0.2, 0.25) is 0 Å². The summed E-state index contributed by atoms with van der Waals surface area (Å²) in [4.78, 5) is 0. The van der Waals surface area contributed by atoms with Gasteiger partial charge in [0.1, 0.15) is 6.67 Å². The Morgan fingerprint density at radius 1 is 1.00 bits per heavy atom. The highest BCUT2D eigenvalue weighted by Gasteiger charge is 2.67. The van der Waals surface area contributed by atoms with Crippen molar-refractivity contribution in [2.24, 2.45) is 0 Å². The topological polar surface area (TPSA) is 0 Å². The molecule has 13 heavy (non-hydrogen) atoms. The molecular formula is C7H10F6. The van der Waals surface area contributed by atoms with Gasteiger partial charge in [0.15, 0.2) is 5.67 Å². The van der Waals surface area contributed by atoms with Crippen LogP contribution in [-0.2, 0) is 0 Å². The van der Waals surface area contributed by atoms with Crippen molar-refractivity contribution in [1.82, 2.24) is 0 Å². The van der Waals surface area contributed by atoms with Crippen LogP contribution in [-0.4, -0.2) is 24.2 Å². The number of rotatable bonds is 3. The van der Waals surface area contributed by atoms with E-state index in [-0.39, 0.29) is 0 Å². The summed E-state index contributed by atoms with van der Waals surface area (Å²) in [5.41, 5.74) is -7.64. The zero-order valence-corrected chi connectivity index (χ0v) is 7.18. The lowest BCUT2D eigenvalue weighted by Gasteiger charge is -2.35. The van der Waals surface area contributed by atoms with Crippen molar-refractivity contribution in [3.63, 3.8) is 0 Å². The van der Waals surface area contributed by atoms with Gasteiger partial charge in [0.25, 0.3) is 5.67 Å². The maximum absolute atomic E-state index is 13.0. The standard InChI is InChI=1S/C7H10F6/c1-3-5(2,9)6(10,4-8)7(11,12)13/h3-4H2,1-2H3/t5?,6-/m0/s1. The molecule has 0 aromatic heterocycles. The number of hydrogen-bond acceptors (Lipinski definition) is 0. The second kappa shape index (κ2) is 3.38. The summed E-state index contributed by atoms with van der Waals surface area (Å²) in [6.07, 6.45) is -6.27. The van der Waals surface area contributed by atoms with Gasteiger partial charge in [0.05, 0.1) is 0 Å². The van der Waals surface area contributed by atoms with Crippen LogP contribution in [0.5, 0.6) is 0 Å². The van der Waals surface area contributed by atoms with E-state index in [1.807, 2.05) is 0 Å². The predicted molar refractivity (Wildman–Crippen MR) is 35.7 cm³/mol. The van der Waals surface area contributed by atoms with Gasteiger partial charge in [-0.1, -0.05) is 6.92 Å². The summed E-state index contributed by atoms with van der Waals surface area (Å²) in [5, 5.41) is 0. The fraction of sp³-hybridized carbons (Fsp3) is 1.00. The third-order valence-corrected chi connectivity index (χ3v) is 2.12. The van der Waals surface area contributed by atoms with E-state index in [1.54, 1.807) is 0 Å². The van der Waals surface area contributed by atoms with Gasteiger partial charge in [-0.25, -0.2) is 13.2 Å². The predicted octanol–water partition coefficient (Wildman–Crippen LogP) is 3.36. The third kappa shape index (κ3) is 1.91. The molecule has 0 fully saturated rings. The molecule has 0 aromatic rings. The molecule has 0 nitrogen and oxygen atoms in total. The van der Waals surface area contributed by atoms with Crippen LogP contribution in [0.25, 0.3) is 0 Å². The molecule has 0 saturated carbocycles. The van der Waals surface area contributed by atoms with Gasteiger partial charge in [0.2, 0.25) is 0 Å². The zero-order valence-electron chi connectivity index (χ0n) is 7.18. The first kappa shape index (κ1) is 12.6.